The molecular formula is C37H45NO7. The van der Waals surface area contributed by atoms with E-state index in [0.717, 1.165) is 27.8 Å². The van der Waals surface area contributed by atoms with E-state index in [-0.39, 0.29) is 31.4 Å². The third-order valence-electron chi connectivity index (χ3n) is 7.65. The van der Waals surface area contributed by atoms with Crippen LogP contribution in [0.1, 0.15) is 82.9 Å². The number of carbonyl (C=O) groups excluding carboxylic acids is 2. The molecule has 3 aromatic carbocycles. The van der Waals surface area contributed by atoms with E-state index >= 15 is 0 Å². The van der Waals surface area contributed by atoms with Crippen LogP contribution in [0.4, 0.5) is 4.79 Å². The molecule has 8 heteroatoms. The highest BCUT2D eigenvalue weighted by atomic mass is 16.6. The third-order valence-corrected chi connectivity index (χ3v) is 7.65. The molecule has 1 unspecified atom stereocenters. The van der Waals surface area contributed by atoms with Crippen LogP contribution in [0.3, 0.4) is 0 Å². The van der Waals surface area contributed by atoms with Crippen LogP contribution in [-0.2, 0) is 25.6 Å². The minimum atomic E-state index is -0.843. The average molecular weight is 616 g/mol. The van der Waals surface area contributed by atoms with E-state index in [4.69, 9.17) is 19.3 Å². The van der Waals surface area contributed by atoms with Gasteiger partial charge in [0.1, 0.15) is 24.0 Å². The number of carboxylic acid groups (broad SMARTS) is 1. The fourth-order valence-electron chi connectivity index (χ4n) is 5.60. The monoisotopic (exact) mass is 615 g/mol. The van der Waals surface area contributed by atoms with E-state index in [1.165, 1.54) is 4.90 Å². The van der Waals surface area contributed by atoms with E-state index in [1.807, 2.05) is 83.1 Å². The predicted octanol–water partition coefficient (Wildman–Crippen LogP) is 7.83. The first-order chi connectivity index (χ1) is 21.4. The van der Waals surface area contributed by atoms with Crippen molar-refractivity contribution in [3.8, 4) is 16.9 Å². The summed E-state index contributed by atoms with van der Waals surface area (Å²) >= 11 is 0. The van der Waals surface area contributed by atoms with Crippen LogP contribution in [0.2, 0.25) is 0 Å². The van der Waals surface area contributed by atoms with Gasteiger partial charge in [-0.3, -0.25) is 9.69 Å². The highest BCUT2D eigenvalue weighted by molar-refractivity contribution is 5.82. The van der Waals surface area contributed by atoms with Gasteiger partial charge in [0.05, 0.1) is 6.61 Å². The van der Waals surface area contributed by atoms with Crippen molar-refractivity contribution in [3.63, 3.8) is 0 Å². The summed E-state index contributed by atoms with van der Waals surface area (Å²) in [7, 11) is 0. The quantitative estimate of drug-likeness (QED) is 0.146. The minimum absolute atomic E-state index is 0.111. The van der Waals surface area contributed by atoms with Crippen molar-refractivity contribution < 1.29 is 33.7 Å². The van der Waals surface area contributed by atoms with Gasteiger partial charge < -0.3 is 19.3 Å². The maximum absolute atomic E-state index is 14.0. The number of carboxylic acids is 1. The SMILES string of the molecule is CC(C)CC(C(=O)OC(C)(C)C)N(Cc1ccc(OCCCCC(=O)O)cc1)C(=O)OCC1c2ccccc2-c2ccccc21. The van der Waals surface area contributed by atoms with Gasteiger partial charge in [0.15, 0.2) is 0 Å². The zero-order valence-electron chi connectivity index (χ0n) is 27.0. The van der Waals surface area contributed by atoms with Crippen molar-refractivity contribution in [2.75, 3.05) is 13.2 Å². The Balaban J connectivity index is 1.54. The molecule has 0 radical (unpaired) electrons. The van der Waals surface area contributed by atoms with Crippen molar-refractivity contribution in [1.82, 2.24) is 4.90 Å². The van der Waals surface area contributed by atoms with E-state index in [0.29, 0.717) is 31.6 Å². The minimum Gasteiger partial charge on any atom is -0.494 e. The molecule has 240 valence electrons. The van der Waals surface area contributed by atoms with Gasteiger partial charge in [-0.2, -0.15) is 0 Å². The first-order valence-corrected chi connectivity index (χ1v) is 15.7. The van der Waals surface area contributed by atoms with Gasteiger partial charge in [-0.15, -0.1) is 0 Å². The largest absolute Gasteiger partial charge is 0.494 e. The smallest absolute Gasteiger partial charge is 0.410 e. The topological polar surface area (TPSA) is 102 Å². The molecule has 45 heavy (non-hydrogen) atoms. The molecule has 3 aromatic rings. The van der Waals surface area contributed by atoms with Crippen LogP contribution in [0, 0.1) is 5.92 Å². The zero-order chi connectivity index (χ0) is 32.6. The molecule has 0 saturated carbocycles. The van der Waals surface area contributed by atoms with Crippen molar-refractivity contribution >= 4 is 18.0 Å². The first kappa shape index (κ1) is 33.6. The number of ether oxygens (including phenoxy) is 3. The van der Waals surface area contributed by atoms with E-state index < -0.39 is 29.7 Å². The highest BCUT2D eigenvalue weighted by Gasteiger charge is 2.36. The van der Waals surface area contributed by atoms with Crippen LogP contribution in [0.5, 0.6) is 5.75 Å². The van der Waals surface area contributed by atoms with Gasteiger partial charge in [-0.05, 0) is 85.9 Å². The van der Waals surface area contributed by atoms with Crippen LogP contribution in [-0.4, -0.2) is 52.9 Å². The third kappa shape index (κ3) is 9.33. The molecule has 0 fully saturated rings. The Morgan fingerprint density at radius 1 is 0.867 bits per heavy atom. The van der Waals surface area contributed by atoms with Crippen molar-refractivity contribution in [1.29, 1.82) is 0 Å². The number of hydrogen-bond acceptors (Lipinski definition) is 6. The number of benzene rings is 3. The molecule has 1 aliphatic carbocycles. The first-order valence-electron chi connectivity index (χ1n) is 15.7. The Morgan fingerprint density at radius 2 is 1.47 bits per heavy atom. The van der Waals surface area contributed by atoms with E-state index in [9.17, 15) is 14.4 Å². The van der Waals surface area contributed by atoms with Gasteiger partial charge in [0, 0.05) is 18.9 Å². The van der Waals surface area contributed by atoms with Crippen LogP contribution < -0.4 is 4.74 Å². The molecule has 1 N–H and O–H groups in total. The summed E-state index contributed by atoms with van der Waals surface area (Å²) in [5.74, 6) is -0.635. The maximum Gasteiger partial charge on any atom is 0.410 e. The van der Waals surface area contributed by atoms with Crippen molar-refractivity contribution in [2.45, 2.75) is 84.4 Å². The highest BCUT2D eigenvalue weighted by Crippen LogP contribution is 2.44. The number of nitrogens with zero attached hydrogens (tertiary/aromatic N) is 1. The van der Waals surface area contributed by atoms with E-state index in [1.54, 1.807) is 0 Å². The summed E-state index contributed by atoms with van der Waals surface area (Å²) < 4.78 is 17.6. The Kier molecular flexibility index (Phi) is 11.3. The van der Waals surface area contributed by atoms with Gasteiger partial charge in [0.2, 0.25) is 0 Å². The standard InChI is InChI=1S/C37H45NO7/c1-25(2)22-33(35(41)45-37(3,4)5)38(23-26-17-19-27(20-18-26)43-21-11-10-16-34(39)40)36(42)44-24-32-30-14-8-6-12-28(30)29-13-7-9-15-31(29)32/h6-9,12-15,17-20,25,32-33H,10-11,16,21-24H2,1-5H3,(H,39,40). The molecule has 0 aromatic heterocycles. The number of unbranched alkanes of at least 4 members (excludes halogenated alkanes) is 1. The molecule has 0 aliphatic heterocycles. The fourth-order valence-corrected chi connectivity index (χ4v) is 5.60. The molecule has 1 amide bonds. The molecule has 1 atom stereocenters. The van der Waals surface area contributed by atoms with Gasteiger partial charge in [-0.1, -0.05) is 74.5 Å². The average Bonchev–Trinajstić information content (AvgIpc) is 3.30. The Labute approximate surface area is 266 Å². The number of amides is 1. The second kappa shape index (κ2) is 15.1. The summed E-state index contributed by atoms with van der Waals surface area (Å²) in [6.07, 6.45) is 1.13. The second-order valence-electron chi connectivity index (χ2n) is 13.0. The Hall–Kier alpha value is -4.33. The van der Waals surface area contributed by atoms with Crippen molar-refractivity contribution in [2.24, 2.45) is 5.92 Å². The predicted molar refractivity (Wildman–Crippen MR) is 173 cm³/mol. The van der Waals surface area contributed by atoms with Gasteiger partial charge in [-0.25, -0.2) is 9.59 Å². The van der Waals surface area contributed by atoms with Crippen LogP contribution >= 0.6 is 0 Å². The number of carbonyl (C=O) groups is 3. The summed E-state index contributed by atoms with van der Waals surface area (Å²) in [5.41, 5.74) is 4.59. The number of esters is 1. The molecular weight excluding hydrogens is 570 g/mol. The number of fused-ring (bicyclic) bond motifs is 3. The van der Waals surface area contributed by atoms with Gasteiger partial charge in [0.25, 0.3) is 0 Å². The summed E-state index contributed by atoms with van der Waals surface area (Å²) in [6, 6.07) is 22.8. The molecule has 0 saturated heterocycles. The molecule has 0 bridgehead atoms. The lowest BCUT2D eigenvalue weighted by molar-refractivity contribution is -0.161. The van der Waals surface area contributed by atoms with Gasteiger partial charge >= 0.3 is 18.0 Å². The normalized spacial score (nSPS) is 13.1. The Bertz CT molecular complexity index is 1410. The maximum atomic E-state index is 14.0. The summed E-state index contributed by atoms with van der Waals surface area (Å²) in [5, 5.41) is 8.81. The van der Waals surface area contributed by atoms with Crippen LogP contribution in [0.25, 0.3) is 11.1 Å². The van der Waals surface area contributed by atoms with Crippen molar-refractivity contribution in [3.05, 3.63) is 89.5 Å². The number of rotatable bonds is 14. The lowest BCUT2D eigenvalue weighted by atomic mass is 9.98. The van der Waals surface area contributed by atoms with Crippen LogP contribution in [0.15, 0.2) is 72.8 Å². The lowest BCUT2D eigenvalue weighted by Crippen LogP contribution is -2.48. The molecule has 4 rings (SSSR count). The molecule has 1 aliphatic rings. The molecule has 8 nitrogen and oxygen atoms in total. The lowest BCUT2D eigenvalue weighted by Gasteiger charge is -2.33. The number of aliphatic carboxylic acids is 1. The molecule has 0 spiro atoms. The number of hydrogen-bond donors (Lipinski definition) is 1. The second-order valence-corrected chi connectivity index (χ2v) is 13.0. The zero-order valence-corrected chi connectivity index (χ0v) is 27.0. The summed E-state index contributed by atoms with van der Waals surface area (Å²) in [4.78, 5) is 39.7. The van der Waals surface area contributed by atoms with E-state index in [2.05, 4.69) is 24.3 Å². The fraction of sp³-hybridized carbons (Fsp3) is 0.432. The molecule has 0 heterocycles. The Morgan fingerprint density at radius 3 is 2.02 bits per heavy atom. The summed E-state index contributed by atoms with van der Waals surface area (Å²) in [6.45, 7) is 10.2.